The first-order chi connectivity index (χ1) is 10.5. The summed E-state index contributed by atoms with van der Waals surface area (Å²) in [4.78, 5) is 18.6. The molecular weight excluding hydrogens is 294 g/mol. The normalized spacial score (nSPS) is 10.8. The molecule has 5 heteroatoms. The molecule has 0 saturated heterocycles. The first-order valence-electron chi connectivity index (χ1n) is 7.57. The van der Waals surface area contributed by atoms with Crippen LogP contribution in [0.1, 0.15) is 31.5 Å². The van der Waals surface area contributed by atoms with E-state index >= 15 is 0 Å². The number of thiazole rings is 1. The molecule has 0 saturated carbocycles. The number of hydrogen-bond acceptors (Lipinski definition) is 4. The van der Waals surface area contributed by atoms with Crippen LogP contribution in [0, 0.1) is 6.92 Å². The van der Waals surface area contributed by atoms with Crippen LogP contribution in [0.2, 0.25) is 0 Å². The van der Waals surface area contributed by atoms with Crippen molar-refractivity contribution in [2.24, 2.45) is 0 Å². The maximum Gasteiger partial charge on any atom is 0.230 e. The van der Waals surface area contributed by atoms with Gasteiger partial charge in [-0.1, -0.05) is 0 Å². The second-order valence-corrected chi connectivity index (χ2v) is 6.57. The molecule has 0 atom stereocenters. The van der Waals surface area contributed by atoms with E-state index in [4.69, 9.17) is 0 Å². The molecule has 0 bridgehead atoms. The number of hydrogen-bond donors (Lipinski definition) is 1. The minimum absolute atomic E-state index is 0.0331. The van der Waals surface area contributed by atoms with Crippen molar-refractivity contribution < 1.29 is 4.79 Å². The topological polar surface area (TPSA) is 45.2 Å². The highest BCUT2D eigenvalue weighted by Crippen LogP contribution is 2.20. The van der Waals surface area contributed by atoms with Gasteiger partial charge in [0.05, 0.1) is 17.1 Å². The molecule has 0 radical (unpaired) electrons. The highest BCUT2D eigenvalue weighted by Gasteiger charge is 2.09. The van der Waals surface area contributed by atoms with Gasteiger partial charge in [-0.15, -0.1) is 11.3 Å². The monoisotopic (exact) mass is 317 g/mol. The van der Waals surface area contributed by atoms with Gasteiger partial charge in [-0.05, 0) is 52.0 Å². The molecule has 118 valence electrons. The number of anilines is 2. The highest BCUT2D eigenvalue weighted by atomic mass is 32.1. The van der Waals surface area contributed by atoms with Crippen LogP contribution in [-0.4, -0.2) is 23.5 Å². The van der Waals surface area contributed by atoms with Crippen LogP contribution in [0.5, 0.6) is 0 Å². The SMILES string of the molecule is CCN(c1ccc(NC(=O)Cc2csc(C)n2)cc1)C(C)C. The standard InChI is InChI=1S/C17H23N3OS/c1-5-20(12(2)3)16-8-6-14(7-9-16)19-17(21)10-15-11-22-13(4)18-15/h6-9,11-12H,5,10H2,1-4H3,(H,19,21). The van der Waals surface area contributed by atoms with Crippen LogP contribution in [0.15, 0.2) is 29.6 Å². The number of carbonyl (C=O) groups excluding carboxylic acids is 1. The van der Waals surface area contributed by atoms with Crippen LogP contribution in [0.3, 0.4) is 0 Å². The van der Waals surface area contributed by atoms with Crippen molar-refractivity contribution in [1.29, 1.82) is 0 Å². The summed E-state index contributed by atoms with van der Waals surface area (Å²) in [6, 6.07) is 8.45. The third-order valence-corrected chi connectivity index (χ3v) is 4.28. The van der Waals surface area contributed by atoms with Crippen molar-refractivity contribution in [3.8, 4) is 0 Å². The molecule has 0 aliphatic heterocycles. The van der Waals surface area contributed by atoms with E-state index < -0.39 is 0 Å². The Bertz CT molecular complexity index is 619. The molecule has 2 rings (SSSR count). The van der Waals surface area contributed by atoms with Gasteiger partial charge in [-0.2, -0.15) is 0 Å². The molecule has 2 aromatic rings. The van der Waals surface area contributed by atoms with Gasteiger partial charge in [0.1, 0.15) is 0 Å². The molecule has 1 aromatic carbocycles. The summed E-state index contributed by atoms with van der Waals surface area (Å²) in [5.74, 6) is -0.0331. The van der Waals surface area contributed by atoms with E-state index in [1.54, 1.807) is 11.3 Å². The van der Waals surface area contributed by atoms with E-state index in [0.29, 0.717) is 12.5 Å². The fraction of sp³-hybridized carbons (Fsp3) is 0.412. The summed E-state index contributed by atoms with van der Waals surface area (Å²) in [7, 11) is 0. The lowest BCUT2D eigenvalue weighted by Crippen LogP contribution is -2.30. The number of aromatic nitrogens is 1. The minimum Gasteiger partial charge on any atom is -0.369 e. The maximum absolute atomic E-state index is 12.0. The maximum atomic E-state index is 12.0. The zero-order valence-corrected chi connectivity index (χ0v) is 14.4. The third kappa shape index (κ3) is 4.31. The van der Waals surface area contributed by atoms with Gasteiger partial charge in [0.15, 0.2) is 0 Å². The first-order valence-corrected chi connectivity index (χ1v) is 8.45. The molecule has 1 N–H and O–H groups in total. The summed E-state index contributed by atoms with van der Waals surface area (Å²) in [6.45, 7) is 9.40. The number of aryl methyl sites for hydroxylation is 1. The van der Waals surface area contributed by atoms with Gasteiger partial charge in [0.25, 0.3) is 0 Å². The Balaban J connectivity index is 1.97. The Morgan fingerprint density at radius 2 is 2.00 bits per heavy atom. The summed E-state index contributed by atoms with van der Waals surface area (Å²) >= 11 is 1.57. The molecular formula is C17H23N3OS. The van der Waals surface area contributed by atoms with E-state index in [0.717, 1.165) is 22.9 Å². The number of nitrogens with one attached hydrogen (secondary N) is 1. The van der Waals surface area contributed by atoms with Crippen molar-refractivity contribution >= 4 is 28.6 Å². The molecule has 0 fully saturated rings. The van der Waals surface area contributed by atoms with E-state index in [1.165, 1.54) is 5.69 Å². The van der Waals surface area contributed by atoms with Crippen molar-refractivity contribution in [2.75, 3.05) is 16.8 Å². The number of carbonyl (C=O) groups is 1. The average molecular weight is 317 g/mol. The lowest BCUT2D eigenvalue weighted by atomic mass is 10.2. The molecule has 1 heterocycles. The predicted molar refractivity (Wildman–Crippen MR) is 93.8 cm³/mol. The fourth-order valence-corrected chi connectivity index (χ4v) is 3.05. The van der Waals surface area contributed by atoms with Crippen molar-refractivity contribution in [1.82, 2.24) is 4.98 Å². The number of rotatable bonds is 6. The van der Waals surface area contributed by atoms with Crippen molar-refractivity contribution in [2.45, 2.75) is 40.2 Å². The molecule has 22 heavy (non-hydrogen) atoms. The van der Waals surface area contributed by atoms with Crippen LogP contribution in [0.25, 0.3) is 0 Å². The Hall–Kier alpha value is -1.88. The smallest absolute Gasteiger partial charge is 0.230 e. The van der Waals surface area contributed by atoms with E-state index in [2.05, 4.69) is 36.0 Å². The Kier molecular flexibility index (Phi) is 5.55. The van der Waals surface area contributed by atoms with Gasteiger partial charge in [0, 0.05) is 29.3 Å². The quantitative estimate of drug-likeness (QED) is 0.879. The summed E-state index contributed by atoms with van der Waals surface area (Å²) in [5, 5.41) is 5.84. The van der Waals surface area contributed by atoms with Crippen LogP contribution < -0.4 is 10.2 Å². The molecule has 1 aromatic heterocycles. The van der Waals surface area contributed by atoms with Crippen LogP contribution >= 0.6 is 11.3 Å². The average Bonchev–Trinajstić information content (AvgIpc) is 2.86. The second kappa shape index (κ2) is 7.40. The Labute approximate surface area is 136 Å². The molecule has 1 amide bonds. The lowest BCUT2D eigenvalue weighted by Gasteiger charge is -2.27. The lowest BCUT2D eigenvalue weighted by molar-refractivity contribution is -0.115. The fourth-order valence-electron chi connectivity index (χ4n) is 2.44. The highest BCUT2D eigenvalue weighted by molar-refractivity contribution is 7.09. The van der Waals surface area contributed by atoms with E-state index in [-0.39, 0.29) is 5.91 Å². The van der Waals surface area contributed by atoms with Crippen LogP contribution in [-0.2, 0) is 11.2 Å². The van der Waals surface area contributed by atoms with Crippen LogP contribution in [0.4, 0.5) is 11.4 Å². The van der Waals surface area contributed by atoms with Crippen molar-refractivity contribution in [3.63, 3.8) is 0 Å². The van der Waals surface area contributed by atoms with Gasteiger partial charge in [-0.25, -0.2) is 4.98 Å². The van der Waals surface area contributed by atoms with E-state index in [9.17, 15) is 4.79 Å². The van der Waals surface area contributed by atoms with Gasteiger partial charge in [-0.3, -0.25) is 4.79 Å². The molecule has 4 nitrogen and oxygen atoms in total. The van der Waals surface area contributed by atoms with Gasteiger partial charge < -0.3 is 10.2 Å². The largest absolute Gasteiger partial charge is 0.369 e. The van der Waals surface area contributed by atoms with Gasteiger partial charge >= 0.3 is 0 Å². The third-order valence-electron chi connectivity index (χ3n) is 3.45. The summed E-state index contributed by atoms with van der Waals surface area (Å²) in [6.07, 6.45) is 0.319. The zero-order chi connectivity index (χ0) is 16.1. The second-order valence-electron chi connectivity index (χ2n) is 5.51. The van der Waals surface area contributed by atoms with E-state index in [1.807, 2.05) is 36.6 Å². The molecule has 0 aliphatic rings. The minimum atomic E-state index is -0.0331. The zero-order valence-electron chi connectivity index (χ0n) is 13.6. The number of nitrogens with zero attached hydrogens (tertiary/aromatic N) is 2. The molecule has 0 aliphatic carbocycles. The van der Waals surface area contributed by atoms with Crippen molar-refractivity contribution in [3.05, 3.63) is 40.3 Å². The number of amides is 1. The first kappa shape index (κ1) is 16.5. The number of benzene rings is 1. The predicted octanol–water partition coefficient (Wildman–Crippen LogP) is 3.87. The molecule has 0 spiro atoms. The summed E-state index contributed by atoms with van der Waals surface area (Å²) < 4.78 is 0. The Morgan fingerprint density at radius 1 is 1.32 bits per heavy atom. The molecule has 0 unspecified atom stereocenters. The summed E-state index contributed by atoms with van der Waals surface area (Å²) in [5.41, 5.74) is 2.82. The van der Waals surface area contributed by atoms with Gasteiger partial charge in [0.2, 0.25) is 5.91 Å². The Morgan fingerprint density at radius 3 is 2.50 bits per heavy atom.